The molecule has 0 aromatic rings. The van der Waals surface area contributed by atoms with Gasteiger partial charge in [0.1, 0.15) is 0 Å². The van der Waals surface area contributed by atoms with Crippen molar-refractivity contribution in [2.24, 2.45) is 0 Å². The van der Waals surface area contributed by atoms with Gasteiger partial charge in [-0.1, -0.05) is 0 Å². The van der Waals surface area contributed by atoms with Crippen LogP contribution in [0.2, 0.25) is 0 Å². The standard InChI is InChI=1S/Er.FH2O2P/c;1-4(2)3/h;4H,(H,2,3). The van der Waals surface area contributed by atoms with Crippen LogP contribution in [0.25, 0.3) is 0 Å². The van der Waals surface area contributed by atoms with E-state index in [0.29, 0.717) is 0 Å². The van der Waals surface area contributed by atoms with Crippen molar-refractivity contribution in [3.05, 3.63) is 0 Å². The minimum Gasteiger partial charge on any atom is -0.323 e. The second kappa shape index (κ2) is 5.37. The Balaban J connectivity index is 0. The Hall–Kier alpha value is 1.37. The molecule has 0 radical (unpaired) electrons. The predicted octanol–water partition coefficient (Wildman–Crippen LogP) is 0.338. The Kier molecular flexibility index (Phi) is 10.3. The summed E-state index contributed by atoms with van der Waals surface area (Å²) in [4.78, 5) is 6.94. The molecule has 1 unspecified atom stereocenters. The second-order valence-corrected chi connectivity index (χ2v) is 0.759. The van der Waals surface area contributed by atoms with Crippen LogP contribution in [0.1, 0.15) is 0 Å². The monoisotopic (exact) mass is 250 g/mol. The molecule has 0 rings (SSSR count). The van der Waals surface area contributed by atoms with Gasteiger partial charge in [-0.05, 0) is 0 Å². The smallest absolute Gasteiger partial charge is 0.323 e. The van der Waals surface area contributed by atoms with Crippen molar-refractivity contribution >= 4 is 8.34 Å². The number of hydrogen-bond donors (Lipinski definition) is 1. The Morgan fingerprint density at radius 2 is 1.80 bits per heavy atom. The molecule has 0 aliphatic heterocycles. The normalized spacial score (nSPS) is 12.4. The van der Waals surface area contributed by atoms with Gasteiger partial charge in [0.05, 0.1) is 0 Å². The van der Waals surface area contributed by atoms with Crippen molar-refractivity contribution in [2.75, 3.05) is 0 Å². The van der Waals surface area contributed by atoms with Crippen molar-refractivity contribution in [1.29, 1.82) is 0 Å². The van der Waals surface area contributed by atoms with Crippen molar-refractivity contribution < 1.29 is 51.0 Å². The summed E-state index contributed by atoms with van der Waals surface area (Å²) in [6.45, 7) is 0. The van der Waals surface area contributed by atoms with Crippen LogP contribution in [0, 0.1) is 37.3 Å². The molecule has 5 heavy (non-hydrogen) atoms. The summed E-state index contributed by atoms with van der Waals surface area (Å²) < 4.78 is 18.6. The molecule has 0 saturated carbocycles. The third-order valence-electron chi connectivity index (χ3n) is 0. The first-order chi connectivity index (χ1) is 1.73. The van der Waals surface area contributed by atoms with Crippen LogP contribution in [-0.4, -0.2) is 4.89 Å². The molecule has 0 bridgehead atoms. The van der Waals surface area contributed by atoms with Gasteiger partial charge in [0.15, 0.2) is 0 Å². The third kappa shape index (κ3) is 32.6. The van der Waals surface area contributed by atoms with E-state index in [1.165, 1.54) is 0 Å². The van der Waals surface area contributed by atoms with Crippen LogP contribution in [-0.2, 0) is 4.57 Å². The zero-order valence-corrected chi connectivity index (χ0v) is 4.87. The van der Waals surface area contributed by atoms with E-state index in [4.69, 9.17) is 9.46 Å². The molecule has 0 heterocycles. The SMILES string of the molecule is O=[PH](O)F.[Er]. The van der Waals surface area contributed by atoms with E-state index >= 15 is 0 Å². The van der Waals surface area contributed by atoms with Crippen molar-refractivity contribution in [2.45, 2.75) is 0 Å². The summed E-state index contributed by atoms with van der Waals surface area (Å²) in [5.74, 6) is 0. The van der Waals surface area contributed by atoms with Gasteiger partial charge in [-0.15, -0.1) is 0 Å². The maximum Gasteiger partial charge on any atom is 0.353 e. The van der Waals surface area contributed by atoms with Gasteiger partial charge in [-0.2, -0.15) is 4.20 Å². The van der Waals surface area contributed by atoms with E-state index in [-0.39, 0.29) is 37.3 Å². The number of hydrogen-bond acceptors (Lipinski definition) is 1. The van der Waals surface area contributed by atoms with E-state index < -0.39 is 8.34 Å². The Labute approximate surface area is 59.0 Å². The van der Waals surface area contributed by atoms with E-state index in [9.17, 15) is 4.20 Å². The van der Waals surface area contributed by atoms with Gasteiger partial charge in [-0.3, -0.25) is 4.57 Å². The van der Waals surface area contributed by atoms with Gasteiger partial charge in [-0.25, -0.2) is 0 Å². The summed E-state index contributed by atoms with van der Waals surface area (Å²) in [5.41, 5.74) is 0. The molecule has 0 aliphatic carbocycles. The fraction of sp³-hybridized carbons (Fsp3) is 0. The summed E-state index contributed by atoms with van der Waals surface area (Å²) in [5, 5.41) is 0. The topological polar surface area (TPSA) is 37.3 Å². The average molecular weight is 251 g/mol. The largest absolute Gasteiger partial charge is 0.353 e. The van der Waals surface area contributed by atoms with Crippen LogP contribution in [0.5, 0.6) is 0 Å². The van der Waals surface area contributed by atoms with E-state index in [1.54, 1.807) is 0 Å². The molecule has 1 N–H and O–H groups in total. The zero-order valence-electron chi connectivity index (χ0n) is 2.02. The quantitative estimate of drug-likeness (QED) is 0.630. The average Bonchev–Trinajstić information content (AvgIpc) is 0.811. The maximum atomic E-state index is 10.1. The molecule has 0 saturated heterocycles. The van der Waals surface area contributed by atoms with E-state index in [1.807, 2.05) is 0 Å². The fourth-order valence-corrected chi connectivity index (χ4v) is 0. The number of halogens is 1. The van der Waals surface area contributed by atoms with Gasteiger partial charge in [0.2, 0.25) is 0 Å². The Bertz CT molecular complexity index is 32.6. The number of rotatable bonds is 0. The van der Waals surface area contributed by atoms with Gasteiger partial charge < -0.3 is 4.89 Å². The predicted molar refractivity (Wildman–Crippen MR) is 12.3 cm³/mol. The molecule has 0 aliphatic rings. The first kappa shape index (κ1) is 9.62. The summed E-state index contributed by atoms with van der Waals surface area (Å²) in [6.07, 6.45) is 0. The molecule has 38 valence electrons. The van der Waals surface area contributed by atoms with Gasteiger partial charge in [0, 0.05) is 37.3 Å². The molecule has 0 spiro atoms. The zero-order chi connectivity index (χ0) is 3.58. The van der Waals surface area contributed by atoms with Crippen molar-refractivity contribution in [1.82, 2.24) is 0 Å². The maximum absolute atomic E-state index is 10.1. The van der Waals surface area contributed by atoms with Crippen LogP contribution in [0.3, 0.4) is 0 Å². The molecule has 2 nitrogen and oxygen atoms in total. The van der Waals surface area contributed by atoms with Crippen LogP contribution < -0.4 is 0 Å². The van der Waals surface area contributed by atoms with Crippen molar-refractivity contribution in [3.8, 4) is 0 Å². The molecule has 5 heteroatoms. The molecule has 0 aromatic heterocycles. The Morgan fingerprint density at radius 3 is 1.80 bits per heavy atom. The molecule has 0 aromatic carbocycles. The minimum atomic E-state index is -3.63. The van der Waals surface area contributed by atoms with Crippen LogP contribution in [0.4, 0.5) is 4.20 Å². The van der Waals surface area contributed by atoms with Crippen LogP contribution in [0.15, 0.2) is 0 Å². The van der Waals surface area contributed by atoms with Crippen molar-refractivity contribution in [3.63, 3.8) is 0 Å². The van der Waals surface area contributed by atoms with E-state index in [0.717, 1.165) is 0 Å². The first-order valence-electron chi connectivity index (χ1n) is 0.617. The van der Waals surface area contributed by atoms with Gasteiger partial charge in [0.25, 0.3) is 0 Å². The molecular formula is H2ErFO2P. The first-order valence-corrected chi connectivity index (χ1v) is 1.85. The fourth-order valence-electron chi connectivity index (χ4n) is 0. The molecule has 1 atom stereocenters. The van der Waals surface area contributed by atoms with E-state index in [2.05, 4.69) is 0 Å². The molecule has 0 fully saturated rings. The summed E-state index contributed by atoms with van der Waals surface area (Å²) in [6, 6.07) is 0. The summed E-state index contributed by atoms with van der Waals surface area (Å²) in [7, 11) is -3.63. The van der Waals surface area contributed by atoms with Crippen LogP contribution >= 0.6 is 8.34 Å². The summed E-state index contributed by atoms with van der Waals surface area (Å²) >= 11 is 0. The van der Waals surface area contributed by atoms with Gasteiger partial charge >= 0.3 is 8.34 Å². The third-order valence-corrected chi connectivity index (χ3v) is 0. The minimum absolute atomic E-state index is 0. The second-order valence-electron chi connectivity index (χ2n) is 0.253. The molecule has 0 amide bonds. The molecular weight excluding hydrogens is 249 g/mol. The Morgan fingerprint density at radius 1 is 1.80 bits per heavy atom.